The van der Waals surface area contributed by atoms with Gasteiger partial charge < -0.3 is 19.5 Å². The molecular weight excluding hydrogens is 596 g/mol. The smallest absolute Gasteiger partial charge is 0.407 e. The number of benzene rings is 3. The number of piperidine rings is 1. The molecule has 1 aliphatic rings. The van der Waals surface area contributed by atoms with E-state index in [0.717, 1.165) is 60.2 Å². The minimum atomic E-state index is -0.669. The molecule has 244 valence electrons. The van der Waals surface area contributed by atoms with Crippen molar-refractivity contribution >= 4 is 34.6 Å². The third kappa shape index (κ3) is 8.69. The van der Waals surface area contributed by atoms with E-state index in [9.17, 15) is 9.59 Å². The van der Waals surface area contributed by atoms with Gasteiger partial charge in [0.1, 0.15) is 11.4 Å². The quantitative estimate of drug-likeness (QED) is 0.179. The Bertz CT molecular complexity index is 1600. The maximum absolute atomic E-state index is 14.7. The van der Waals surface area contributed by atoms with E-state index in [1.54, 1.807) is 0 Å². The number of ether oxygens (including phenoxy) is 1. The number of halogens is 1. The molecule has 2 amide bonds. The molecule has 1 N–H and O–H groups in total. The van der Waals surface area contributed by atoms with Gasteiger partial charge in [-0.15, -0.1) is 0 Å². The third-order valence-corrected chi connectivity index (χ3v) is 8.94. The molecule has 8 heteroatoms. The number of aromatic nitrogens is 2. The maximum atomic E-state index is 14.7. The zero-order chi connectivity index (χ0) is 32.7. The lowest BCUT2D eigenvalue weighted by Crippen LogP contribution is -2.52. The first-order valence-corrected chi connectivity index (χ1v) is 17.0. The number of aryl methyl sites for hydroxylation is 1. The van der Waals surface area contributed by atoms with Crippen molar-refractivity contribution in [2.45, 2.75) is 90.3 Å². The van der Waals surface area contributed by atoms with Crippen LogP contribution in [-0.2, 0) is 28.9 Å². The van der Waals surface area contributed by atoms with Crippen LogP contribution in [0.15, 0.2) is 78.9 Å². The van der Waals surface area contributed by atoms with Gasteiger partial charge in [-0.3, -0.25) is 4.79 Å². The van der Waals surface area contributed by atoms with Crippen LogP contribution < -0.4 is 5.32 Å². The number of hydrogen-bond donors (Lipinski definition) is 1. The Hall–Kier alpha value is -3.84. The lowest BCUT2D eigenvalue weighted by Gasteiger charge is -2.37. The van der Waals surface area contributed by atoms with Crippen LogP contribution in [-0.4, -0.2) is 51.2 Å². The zero-order valence-electron chi connectivity index (χ0n) is 27.5. The molecule has 0 aliphatic carbocycles. The van der Waals surface area contributed by atoms with Crippen molar-refractivity contribution in [2.75, 3.05) is 13.1 Å². The second-order valence-electron chi connectivity index (χ2n) is 13.5. The predicted octanol–water partition coefficient (Wildman–Crippen LogP) is 8.19. The summed E-state index contributed by atoms with van der Waals surface area (Å²) in [6.45, 7) is 9.92. The fourth-order valence-corrected chi connectivity index (χ4v) is 6.60. The summed E-state index contributed by atoms with van der Waals surface area (Å²) < 4.78 is 8.06. The second kappa shape index (κ2) is 15.2. The summed E-state index contributed by atoms with van der Waals surface area (Å²) in [6.07, 6.45) is 4.47. The van der Waals surface area contributed by atoms with Crippen molar-refractivity contribution in [3.63, 3.8) is 0 Å². The van der Waals surface area contributed by atoms with Gasteiger partial charge in [-0.1, -0.05) is 79.5 Å². The third-order valence-electron chi connectivity index (χ3n) is 8.69. The predicted molar refractivity (Wildman–Crippen MR) is 185 cm³/mol. The van der Waals surface area contributed by atoms with Crippen LogP contribution in [0.2, 0.25) is 5.02 Å². The highest BCUT2D eigenvalue weighted by Crippen LogP contribution is 2.32. The fourth-order valence-electron chi connectivity index (χ4n) is 6.48. The number of likely N-dealkylation sites (tertiary alicyclic amines) is 1. The number of nitrogens with one attached hydrogen (secondary N) is 1. The molecule has 5 rings (SSSR count). The summed E-state index contributed by atoms with van der Waals surface area (Å²) in [5, 5.41) is 3.75. The lowest BCUT2D eigenvalue weighted by molar-refractivity contribution is -0.137. The van der Waals surface area contributed by atoms with Crippen LogP contribution in [0.4, 0.5) is 4.79 Å². The van der Waals surface area contributed by atoms with Gasteiger partial charge in [-0.05, 0) is 88.3 Å². The first kappa shape index (κ1) is 33.5. The number of nitrogens with zero attached hydrogens (tertiary/aromatic N) is 3. The normalized spacial score (nSPS) is 16.6. The average Bonchev–Trinajstić information content (AvgIpc) is 3.41. The number of imidazole rings is 1. The van der Waals surface area contributed by atoms with Crippen molar-refractivity contribution in [1.82, 2.24) is 19.8 Å². The minimum Gasteiger partial charge on any atom is -0.444 e. The number of fused-ring (bicyclic) bond motifs is 1. The Morgan fingerprint density at radius 1 is 0.978 bits per heavy atom. The van der Waals surface area contributed by atoms with E-state index in [-0.39, 0.29) is 11.8 Å². The van der Waals surface area contributed by atoms with Gasteiger partial charge in [-0.2, -0.15) is 0 Å². The Balaban J connectivity index is 1.46. The molecule has 2 heterocycles. The number of hydrogen-bond acceptors (Lipinski definition) is 4. The molecule has 4 aromatic rings. The number of alkyl carbamates (subject to hydrolysis) is 1. The average molecular weight is 643 g/mol. The van der Waals surface area contributed by atoms with Gasteiger partial charge in [0.25, 0.3) is 0 Å². The van der Waals surface area contributed by atoms with E-state index in [0.29, 0.717) is 31.0 Å². The van der Waals surface area contributed by atoms with Crippen LogP contribution in [0.25, 0.3) is 11.0 Å². The van der Waals surface area contributed by atoms with Crippen LogP contribution in [0, 0.1) is 5.92 Å². The highest BCUT2D eigenvalue weighted by atomic mass is 35.5. The van der Waals surface area contributed by atoms with Gasteiger partial charge in [0, 0.05) is 36.6 Å². The Kier molecular flexibility index (Phi) is 11.1. The van der Waals surface area contributed by atoms with Gasteiger partial charge in [0.15, 0.2) is 0 Å². The monoisotopic (exact) mass is 642 g/mol. The molecule has 46 heavy (non-hydrogen) atoms. The summed E-state index contributed by atoms with van der Waals surface area (Å²) in [7, 11) is 0. The minimum absolute atomic E-state index is 0.0415. The number of amides is 2. The number of carbonyl (C=O) groups excluding carboxylic acids is 2. The number of unbranched alkanes of at least 4 members (excludes halogenated alkanes) is 1. The SMILES string of the molecule is CCCCn1c([C@@H]2CCCN(C(=O)C(Cc3ccccc3)[C@@H](Cc3ccc(Cl)cc3)NC(=O)OC(C)(C)C)C2)nc2ccccc21. The Morgan fingerprint density at radius 3 is 2.39 bits per heavy atom. The van der Waals surface area contributed by atoms with Crippen molar-refractivity contribution in [3.8, 4) is 0 Å². The number of para-hydroxylation sites is 2. The van der Waals surface area contributed by atoms with Crippen molar-refractivity contribution in [3.05, 3.63) is 101 Å². The molecule has 1 aliphatic heterocycles. The van der Waals surface area contributed by atoms with Crippen molar-refractivity contribution < 1.29 is 14.3 Å². The molecule has 1 aromatic heterocycles. The van der Waals surface area contributed by atoms with E-state index >= 15 is 0 Å². The van der Waals surface area contributed by atoms with Crippen LogP contribution in [0.1, 0.15) is 76.2 Å². The Labute approximate surface area is 278 Å². The number of rotatable bonds is 11. The molecule has 7 nitrogen and oxygen atoms in total. The number of carbonyl (C=O) groups is 2. The maximum Gasteiger partial charge on any atom is 0.407 e. The van der Waals surface area contributed by atoms with E-state index in [1.807, 2.05) is 86.3 Å². The summed E-state index contributed by atoms with van der Waals surface area (Å²) in [6, 6.07) is 25.5. The molecule has 0 bridgehead atoms. The van der Waals surface area contributed by atoms with E-state index in [4.69, 9.17) is 21.3 Å². The van der Waals surface area contributed by atoms with Gasteiger partial charge in [-0.25, -0.2) is 9.78 Å². The topological polar surface area (TPSA) is 76.5 Å². The standard InChI is InChI=1S/C38H47ClN4O3/c1-5-6-23-43-34-17-11-10-16-32(34)40-35(43)29-15-12-22-42(26-29)36(44)31(24-27-13-8-7-9-14-27)33(41-37(45)46-38(2,3)4)25-28-18-20-30(39)21-19-28/h7-11,13-14,16-21,29,31,33H,5-6,12,15,22-26H2,1-4H3,(H,41,45)/t29-,31?,33-/m1/s1. The van der Waals surface area contributed by atoms with Gasteiger partial charge >= 0.3 is 6.09 Å². The van der Waals surface area contributed by atoms with Crippen LogP contribution in [0.5, 0.6) is 0 Å². The van der Waals surface area contributed by atoms with Crippen LogP contribution >= 0.6 is 11.6 Å². The lowest BCUT2D eigenvalue weighted by atomic mass is 9.86. The highest BCUT2D eigenvalue weighted by Gasteiger charge is 2.37. The van der Waals surface area contributed by atoms with Gasteiger partial charge in [0.2, 0.25) is 5.91 Å². The molecule has 0 radical (unpaired) electrons. The second-order valence-corrected chi connectivity index (χ2v) is 13.9. The molecule has 0 spiro atoms. The summed E-state index contributed by atoms with van der Waals surface area (Å²) in [5.74, 6) is 0.729. The van der Waals surface area contributed by atoms with E-state index < -0.39 is 23.7 Å². The van der Waals surface area contributed by atoms with Gasteiger partial charge in [0.05, 0.1) is 17.0 Å². The fraction of sp³-hybridized carbons (Fsp3) is 0.447. The molecule has 3 aromatic carbocycles. The van der Waals surface area contributed by atoms with Crippen molar-refractivity contribution in [2.24, 2.45) is 5.92 Å². The van der Waals surface area contributed by atoms with E-state index in [1.165, 1.54) is 0 Å². The van der Waals surface area contributed by atoms with Crippen molar-refractivity contribution in [1.29, 1.82) is 0 Å². The molecular formula is C38H47ClN4O3. The summed E-state index contributed by atoms with van der Waals surface area (Å²) in [5.41, 5.74) is 3.52. The molecule has 1 saturated heterocycles. The highest BCUT2D eigenvalue weighted by molar-refractivity contribution is 6.30. The molecule has 1 unspecified atom stereocenters. The summed E-state index contributed by atoms with van der Waals surface area (Å²) >= 11 is 6.20. The molecule has 0 saturated carbocycles. The largest absolute Gasteiger partial charge is 0.444 e. The first-order valence-electron chi connectivity index (χ1n) is 16.6. The molecule has 1 fully saturated rings. The van der Waals surface area contributed by atoms with Crippen LogP contribution in [0.3, 0.4) is 0 Å². The first-order chi connectivity index (χ1) is 22.1. The Morgan fingerprint density at radius 2 is 1.67 bits per heavy atom. The van der Waals surface area contributed by atoms with E-state index in [2.05, 4.69) is 35.0 Å². The summed E-state index contributed by atoms with van der Waals surface area (Å²) in [4.78, 5) is 35.1. The zero-order valence-corrected chi connectivity index (χ0v) is 28.3. The molecule has 3 atom stereocenters.